The van der Waals surface area contributed by atoms with E-state index in [1.165, 1.54) is 6.42 Å². The van der Waals surface area contributed by atoms with Crippen LogP contribution in [0.1, 0.15) is 46.0 Å². The van der Waals surface area contributed by atoms with E-state index in [9.17, 15) is 0 Å². The molecule has 1 rings (SSSR count). The quantitative estimate of drug-likeness (QED) is 0.414. The predicted molar refractivity (Wildman–Crippen MR) is 53.5 cm³/mol. The van der Waals surface area contributed by atoms with Gasteiger partial charge < -0.3 is 0 Å². The molecular weight excluding hydrogens is 164 g/mol. The first-order valence-electron chi connectivity index (χ1n) is 5.13. The zero-order valence-electron chi connectivity index (χ0n) is 8.68. The molecular formula is C11H20O2. The highest BCUT2D eigenvalue weighted by atomic mass is 17.1. The maximum Gasteiger partial charge on any atom is 0.124 e. The van der Waals surface area contributed by atoms with E-state index in [1.54, 1.807) is 0 Å². The summed E-state index contributed by atoms with van der Waals surface area (Å²) in [7, 11) is 0. The van der Waals surface area contributed by atoms with Gasteiger partial charge in [0.1, 0.15) is 5.60 Å². The largest absolute Gasteiger partial charge is 0.251 e. The van der Waals surface area contributed by atoms with Gasteiger partial charge in [0.05, 0.1) is 0 Å². The van der Waals surface area contributed by atoms with Crippen molar-refractivity contribution in [1.82, 2.24) is 0 Å². The molecule has 0 amide bonds. The van der Waals surface area contributed by atoms with Gasteiger partial charge in [-0.2, -0.15) is 0 Å². The maximum absolute atomic E-state index is 8.91. The molecule has 0 bridgehead atoms. The van der Waals surface area contributed by atoms with Gasteiger partial charge >= 0.3 is 0 Å². The van der Waals surface area contributed by atoms with Gasteiger partial charge in [-0.25, -0.2) is 4.89 Å². The molecule has 1 aliphatic carbocycles. The van der Waals surface area contributed by atoms with E-state index in [-0.39, 0.29) is 0 Å². The Labute approximate surface area is 80.5 Å². The first-order valence-corrected chi connectivity index (χ1v) is 5.13. The predicted octanol–water partition coefficient (Wildman–Crippen LogP) is 3.39. The van der Waals surface area contributed by atoms with E-state index >= 15 is 0 Å². The molecule has 1 fully saturated rings. The van der Waals surface area contributed by atoms with Gasteiger partial charge in [0.15, 0.2) is 0 Å². The molecule has 0 atom stereocenters. The molecule has 0 aromatic heterocycles. The summed E-state index contributed by atoms with van der Waals surface area (Å²) < 4.78 is 0. The average Bonchev–Trinajstić information content (AvgIpc) is 2.17. The van der Waals surface area contributed by atoms with Crippen molar-refractivity contribution in [3.8, 4) is 0 Å². The summed E-state index contributed by atoms with van der Waals surface area (Å²) in [5.41, 5.74) is 0.510. The molecule has 0 aromatic rings. The maximum atomic E-state index is 8.91. The molecule has 0 aromatic carbocycles. The Hall–Kier alpha value is -0.340. The van der Waals surface area contributed by atoms with Crippen LogP contribution in [0.2, 0.25) is 0 Å². The van der Waals surface area contributed by atoms with E-state index in [2.05, 4.69) is 18.4 Å². The van der Waals surface area contributed by atoms with E-state index in [1.807, 2.05) is 6.92 Å². The van der Waals surface area contributed by atoms with Crippen LogP contribution in [-0.2, 0) is 4.89 Å². The van der Waals surface area contributed by atoms with Crippen LogP contribution in [0.3, 0.4) is 0 Å². The summed E-state index contributed by atoms with van der Waals surface area (Å²) in [6.07, 6.45) is 5.35. The molecule has 0 spiro atoms. The van der Waals surface area contributed by atoms with Crippen LogP contribution in [0.4, 0.5) is 0 Å². The van der Waals surface area contributed by atoms with Crippen molar-refractivity contribution < 1.29 is 10.1 Å². The van der Waals surface area contributed by atoms with Crippen molar-refractivity contribution in [3.63, 3.8) is 0 Å². The number of rotatable bonds is 3. The van der Waals surface area contributed by atoms with Crippen LogP contribution in [0.15, 0.2) is 12.2 Å². The fraction of sp³-hybridized carbons (Fsp3) is 0.818. The highest BCUT2D eigenvalue weighted by molar-refractivity contribution is 5.11. The van der Waals surface area contributed by atoms with Crippen molar-refractivity contribution in [2.24, 2.45) is 5.92 Å². The van der Waals surface area contributed by atoms with Gasteiger partial charge in [-0.3, -0.25) is 5.26 Å². The summed E-state index contributed by atoms with van der Waals surface area (Å²) in [6.45, 7) is 8.04. The van der Waals surface area contributed by atoms with Gasteiger partial charge in [0, 0.05) is 0 Å². The lowest BCUT2D eigenvalue weighted by molar-refractivity contribution is -0.319. The second kappa shape index (κ2) is 4.25. The Morgan fingerprint density at radius 3 is 2.38 bits per heavy atom. The van der Waals surface area contributed by atoms with Gasteiger partial charge in [-0.15, -0.1) is 0 Å². The highest BCUT2D eigenvalue weighted by Crippen LogP contribution is 2.39. The Bertz CT molecular complexity index is 179. The summed E-state index contributed by atoms with van der Waals surface area (Å²) in [5.74, 6) is 0.808. The summed E-state index contributed by atoms with van der Waals surface area (Å²) in [4.78, 5) is 4.63. The summed E-state index contributed by atoms with van der Waals surface area (Å²) in [5, 5.41) is 8.91. The van der Waals surface area contributed by atoms with Crippen LogP contribution >= 0.6 is 0 Å². The summed E-state index contributed by atoms with van der Waals surface area (Å²) in [6, 6.07) is 0. The minimum Gasteiger partial charge on any atom is -0.251 e. The first kappa shape index (κ1) is 10.7. The van der Waals surface area contributed by atoms with Crippen LogP contribution < -0.4 is 0 Å². The summed E-state index contributed by atoms with van der Waals surface area (Å²) >= 11 is 0. The minimum absolute atomic E-state index is 0.439. The normalized spacial score (nSPS) is 34.5. The van der Waals surface area contributed by atoms with E-state index in [4.69, 9.17) is 5.26 Å². The van der Waals surface area contributed by atoms with Crippen molar-refractivity contribution >= 4 is 0 Å². The lowest BCUT2D eigenvalue weighted by Gasteiger charge is -2.37. The molecule has 0 radical (unpaired) electrons. The third-order valence-electron chi connectivity index (χ3n) is 3.44. The van der Waals surface area contributed by atoms with E-state index in [0.717, 1.165) is 37.2 Å². The third-order valence-corrected chi connectivity index (χ3v) is 3.44. The molecule has 0 aliphatic heterocycles. The molecule has 0 heterocycles. The van der Waals surface area contributed by atoms with Crippen LogP contribution in [-0.4, -0.2) is 10.9 Å². The first-order chi connectivity index (χ1) is 6.14. The van der Waals surface area contributed by atoms with Crippen molar-refractivity contribution in [3.05, 3.63) is 12.2 Å². The van der Waals surface area contributed by atoms with Crippen LogP contribution in [0.25, 0.3) is 0 Å². The molecule has 0 saturated heterocycles. The fourth-order valence-corrected chi connectivity index (χ4v) is 2.15. The monoisotopic (exact) mass is 184 g/mol. The third kappa shape index (κ3) is 2.12. The Kier molecular flexibility index (Phi) is 3.51. The van der Waals surface area contributed by atoms with Crippen molar-refractivity contribution in [2.45, 2.75) is 51.6 Å². The second-order valence-electron chi connectivity index (χ2n) is 4.22. The molecule has 0 unspecified atom stereocenters. The lowest BCUT2D eigenvalue weighted by Crippen LogP contribution is -2.37. The lowest BCUT2D eigenvalue weighted by atomic mass is 9.75. The second-order valence-corrected chi connectivity index (χ2v) is 4.22. The SMILES string of the molecule is C=C(C)C1(OO)CCC(CC)CC1. The molecule has 1 saturated carbocycles. The smallest absolute Gasteiger partial charge is 0.124 e. The zero-order valence-corrected chi connectivity index (χ0v) is 8.68. The molecule has 13 heavy (non-hydrogen) atoms. The molecule has 1 N–H and O–H groups in total. The van der Waals surface area contributed by atoms with Gasteiger partial charge in [0.2, 0.25) is 0 Å². The Balaban J connectivity index is 2.58. The number of hydrogen-bond acceptors (Lipinski definition) is 2. The molecule has 2 nitrogen and oxygen atoms in total. The average molecular weight is 184 g/mol. The Morgan fingerprint density at radius 2 is 2.08 bits per heavy atom. The topological polar surface area (TPSA) is 29.5 Å². The minimum atomic E-state index is -0.439. The van der Waals surface area contributed by atoms with Crippen molar-refractivity contribution in [2.75, 3.05) is 0 Å². The van der Waals surface area contributed by atoms with Gasteiger partial charge in [-0.1, -0.05) is 19.9 Å². The van der Waals surface area contributed by atoms with Gasteiger partial charge in [-0.05, 0) is 44.1 Å². The van der Waals surface area contributed by atoms with E-state index < -0.39 is 5.60 Å². The standard InChI is InChI=1S/C11H20O2/c1-4-10-5-7-11(13-12,8-6-10)9(2)3/h10,12H,2,4-8H2,1,3H3. The molecule has 2 heteroatoms. The van der Waals surface area contributed by atoms with Crippen molar-refractivity contribution in [1.29, 1.82) is 0 Å². The zero-order chi connectivity index (χ0) is 9.90. The van der Waals surface area contributed by atoms with Gasteiger partial charge in [0.25, 0.3) is 0 Å². The molecule has 1 aliphatic rings. The van der Waals surface area contributed by atoms with Crippen LogP contribution in [0, 0.1) is 5.92 Å². The Morgan fingerprint density at radius 1 is 1.54 bits per heavy atom. The van der Waals surface area contributed by atoms with E-state index in [0.29, 0.717) is 0 Å². The number of hydrogen-bond donors (Lipinski definition) is 1. The van der Waals surface area contributed by atoms with Crippen LogP contribution in [0.5, 0.6) is 0 Å². The highest BCUT2D eigenvalue weighted by Gasteiger charge is 2.37. The fourth-order valence-electron chi connectivity index (χ4n) is 2.15. The molecule has 76 valence electrons.